The second-order valence-electron chi connectivity index (χ2n) is 4.54. The molecule has 3 heterocycles. The van der Waals surface area contributed by atoms with Crippen LogP contribution in [0.5, 0.6) is 0 Å². The number of fused-ring (bicyclic) bond motifs is 1. The van der Waals surface area contributed by atoms with Crippen LogP contribution in [0, 0.1) is 6.92 Å². The van der Waals surface area contributed by atoms with Gasteiger partial charge in [0.15, 0.2) is 5.65 Å². The van der Waals surface area contributed by atoms with E-state index in [0.29, 0.717) is 0 Å². The molecule has 3 aromatic rings. The van der Waals surface area contributed by atoms with Crippen molar-refractivity contribution in [2.45, 2.75) is 19.9 Å². The summed E-state index contributed by atoms with van der Waals surface area (Å²) in [5.41, 5.74) is 2.90. The molecule has 5 nitrogen and oxygen atoms in total. The van der Waals surface area contributed by atoms with E-state index in [1.165, 1.54) is 0 Å². The molecular formula is C13H15N5S. The van der Waals surface area contributed by atoms with E-state index in [2.05, 4.69) is 33.4 Å². The lowest BCUT2D eigenvalue weighted by atomic mass is 10.2. The molecule has 0 amide bonds. The lowest BCUT2D eigenvalue weighted by Gasteiger charge is -2.12. The van der Waals surface area contributed by atoms with Crippen molar-refractivity contribution in [3.05, 3.63) is 34.5 Å². The van der Waals surface area contributed by atoms with Gasteiger partial charge in [-0.3, -0.25) is 4.68 Å². The summed E-state index contributed by atoms with van der Waals surface area (Å²) < 4.78 is 1.80. The Labute approximate surface area is 115 Å². The van der Waals surface area contributed by atoms with E-state index < -0.39 is 0 Å². The van der Waals surface area contributed by atoms with Gasteiger partial charge in [-0.05, 0) is 19.9 Å². The Bertz CT molecular complexity index is 701. The largest absolute Gasteiger partial charge is 0.375 e. The van der Waals surface area contributed by atoms with Crippen LogP contribution >= 0.6 is 11.3 Å². The third-order valence-electron chi connectivity index (χ3n) is 3.07. The Morgan fingerprint density at radius 2 is 2.21 bits per heavy atom. The Morgan fingerprint density at radius 1 is 1.37 bits per heavy atom. The van der Waals surface area contributed by atoms with Crippen molar-refractivity contribution in [3.63, 3.8) is 0 Å². The van der Waals surface area contributed by atoms with E-state index in [1.807, 2.05) is 31.7 Å². The van der Waals surface area contributed by atoms with Gasteiger partial charge in [-0.1, -0.05) is 0 Å². The topological polar surface area (TPSA) is 55.6 Å². The monoisotopic (exact) mass is 273 g/mol. The van der Waals surface area contributed by atoms with Crippen molar-refractivity contribution in [2.24, 2.45) is 7.05 Å². The normalized spacial score (nSPS) is 12.8. The van der Waals surface area contributed by atoms with E-state index >= 15 is 0 Å². The molecule has 0 fully saturated rings. The number of rotatable bonds is 3. The van der Waals surface area contributed by atoms with E-state index in [-0.39, 0.29) is 6.04 Å². The minimum Gasteiger partial charge on any atom is -0.375 e. The van der Waals surface area contributed by atoms with Gasteiger partial charge in [0.2, 0.25) is 0 Å². The fourth-order valence-electron chi connectivity index (χ4n) is 2.15. The summed E-state index contributed by atoms with van der Waals surface area (Å²) in [5.74, 6) is 0. The van der Waals surface area contributed by atoms with Crippen LogP contribution in [-0.4, -0.2) is 19.7 Å². The highest BCUT2D eigenvalue weighted by Crippen LogP contribution is 2.24. The number of aryl methyl sites for hydroxylation is 2. The van der Waals surface area contributed by atoms with Gasteiger partial charge in [0.1, 0.15) is 5.01 Å². The maximum Gasteiger partial charge on any atom is 0.157 e. The highest BCUT2D eigenvalue weighted by molar-refractivity contribution is 7.09. The minimum absolute atomic E-state index is 0.177. The first kappa shape index (κ1) is 12.1. The van der Waals surface area contributed by atoms with E-state index in [1.54, 1.807) is 16.0 Å². The third kappa shape index (κ3) is 2.19. The quantitative estimate of drug-likeness (QED) is 0.797. The van der Waals surface area contributed by atoms with Gasteiger partial charge >= 0.3 is 0 Å². The van der Waals surface area contributed by atoms with Crippen LogP contribution in [0.3, 0.4) is 0 Å². The molecule has 0 bridgehead atoms. The smallest absolute Gasteiger partial charge is 0.157 e. The van der Waals surface area contributed by atoms with Crippen LogP contribution in [0.1, 0.15) is 23.7 Å². The molecule has 0 radical (unpaired) electrons. The molecule has 3 aromatic heterocycles. The predicted molar refractivity (Wildman–Crippen MR) is 77.4 cm³/mol. The molecule has 0 spiro atoms. The van der Waals surface area contributed by atoms with Crippen LogP contribution < -0.4 is 5.32 Å². The molecule has 3 rings (SSSR count). The van der Waals surface area contributed by atoms with E-state index in [4.69, 9.17) is 0 Å². The molecule has 98 valence electrons. The summed E-state index contributed by atoms with van der Waals surface area (Å²) in [6.45, 7) is 4.09. The average Bonchev–Trinajstić information content (AvgIpc) is 2.99. The molecule has 0 aliphatic carbocycles. The lowest BCUT2D eigenvalue weighted by Crippen LogP contribution is -2.06. The number of anilines is 1. The first-order valence-electron chi connectivity index (χ1n) is 6.10. The second kappa shape index (κ2) is 4.62. The summed E-state index contributed by atoms with van der Waals surface area (Å²) in [6.07, 6.45) is 3.67. The van der Waals surface area contributed by atoms with Gasteiger partial charge in [-0.25, -0.2) is 9.97 Å². The SMILES string of the molecule is Cc1nn(C)c2ncc(NC(C)c3nccs3)cc12. The molecule has 0 saturated carbocycles. The summed E-state index contributed by atoms with van der Waals surface area (Å²) in [7, 11) is 1.91. The molecule has 1 unspecified atom stereocenters. The summed E-state index contributed by atoms with van der Waals surface area (Å²) >= 11 is 1.65. The molecular weight excluding hydrogens is 258 g/mol. The highest BCUT2D eigenvalue weighted by atomic mass is 32.1. The zero-order valence-electron chi connectivity index (χ0n) is 11.1. The van der Waals surface area contributed by atoms with Crippen LogP contribution in [0.15, 0.2) is 23.8 Å². The summed E-state index contributed by atoms with van der Waals surface area (Å²) in [6, 6.07) is 2.27. The van der Waals surface area contributed by atoms with Crippen molar-refractivity contribution in [1.82, 2.24) is 19.7 Å². The molecule has 19 heavy (non-hydrogen) atoms. The number of nitrogens with one attached hydrogen (secondary N) is 1. The van der Waals surface area contributed by atoms with Gasteiger partial charge in [-0.2, -0.15) is 5.10 Å². The predicted octanol–water partition coefficient (Wildman–Crippen LogP) is 2.91. The molecule has 1 N–H and O–H groups in total. The summed E-state index contributed by atoms with van der Waals surface area (Å²) in [5, 5.41) is 11.9. The van der Waals surface area contributed by atoms with Crippen molar-refractivity contribution >= 4 is 28.1 Å². The molecule has 1 atom stereocenters. The van der Waals surface area contributed by atoms with Gasteiger partial charge in [0.25, 0.3) is 0 Å². The molecule has 0 aliphatic heterocycles. The zero-order valence-corrected chi connectivity index (χ0v) is 11.9. The zero-order chi connectivity index (χ0) is 13.4. The Morgan fingerprint density at radius 3 is 2.95 bits per heavy atom. The van der Waals surface area contributed by atoms with Gasteiger partial charge in [0.05, 0.1) is 23.6 Å². The van der Waals surface area contributed by atoms with Crippen LogP contribution in [0.4, 0.5) is 5.69 Å². The first-order chi connectivity index (χ1) is 9.15. The standard InChI is InChI=1S/C13H15N5S/c1-8-11-6-10(7-15-12(11)18(3)17-8)16-9(2)13-14-4-5-19-13/h4-7,9,16H,1-3H3. The number of thiazole rings is 1. The number of pyridine rings is 1. The van der Waals surface area contributed by atoms with Crippen molar-refractivity contribution in [1.29, 1.82) is 0 Å². The van der Waals surface area contributed by atoms with Crippen LogP contribution in [-0.2, 0) is 7.05 Å². The van der Waals surface area contributed by atoms with Crippen LogP contribution in [0.2, 0.25) is 0 Å². The third-order valence-corrected chi connectivity index (χ3v) is 4.03. The van der Waals surface area contributed by atoms with Crippen molar-refractivity contribution < 1.29 is 0 Å². The average molecular weight is 273 g/mol. The fraction of sp³-hybridized carbons (Fsp3) is 0.308. The highest BCUT2D eigenvalue weighted by Gasteiger charge is 2.10. The number of aromatic nitrogens is 4. The Balaban J connectivity index is 1.91. The van der Waals surface area contributed by atoms with Gasteiger partial charge in [0, 0.05) is 24.0 Å². The molecule has 0 aliphatic rings. The van der Waals surface area contributed by atoms with Gasteiger partial charge in [-0.15, -0.1) is 11.3 Å². The number of nitrogens with zero attached hydrogens (tertiary/aromatic N) is 4. The first-order valence-corrected chi connectivity index (χ1v) is 6.98. The maximum absolute atomic E-state index is 4.46. The van der Waals surface area contributed by atoms with Crippen molar-refractivity contribution in [2.75, 3.05) is 5.32 Å². The van der Waals surface area contributed by atoms with Crippen molar-refractivity contribution in [3.8, 4) is 0 Å². The van der Waals surface area contributed by atoms with E-state index in [0.717, 1.165) is 27.4 Å². The van der Waals surface area contributed by atoms with Crippen LogP contribution in [0.25, 0.3) is 11.0 Å². The Hall–Kier alpha value is -1.95. The van der Waals surface area contributed by atoms with E-state index in [9.17, 15) is 0 Å². The molecule has 0 saturated heterocycles. The molecule has 0 aromatic carbocycles. The molecule has 6 heteroatoms. The minimum atomic E-state index is 0.177. The fourth-order valence-corrected chi connectivity index (χ4v) is 2.79. The number of hydrogen-bond acceptors (Lipinski definition) is 5. The summed E-state index contributed by atoms with van der Waals surface area (Å²) in [4.78, 5) is 8.77. The Kier molecular flexibility index (Phi) is 2.94. The lowest BCUT2D eigenvalue weighted by molar-refractivity contribution is 0.773. The maximum atomic E-state index is 4.46. The number of hydrogen-bond donors (Lipinski definition) is 1. The second-order valence-corrected chi connectivity index (χ2v) is 5.47. The van der Waals surface area contributed by atoms with Gasteiger partial charge < -0.3 is 5.32 Å².